The number of hydrogen-bond donors (Lipinski definition) is 1. The van der Waals surface area contributed by atoms with E-state index in [1.54, 1.807) is 12.1 Å². The summed E-state index contributed by atoms with van der Waals surface area (Å²) in [7, 11) is 0. The minimum Gasteiger partial charge on any atom is -0.378 e. The summed E-state index contributed by atoms with van der Waals surface area (Å²) in [5.41, 5.74) is 2.03. The maximum Gasteiger partial charge on any atom is 0.283 e. The summed E-state index contributed by atoms with van der Waals surface area (Å²) in [6.45, 7) is 2.04. The zero-order valence-corrected chi connectivity index (χ0v) is 13.8. The highest BCUT2D eigenvalue weighted by molar-refractivity contribution is 9.10. The fourth-order valence-electron chi connectivity index (χ4n) is 1.83. The van der Waals surface area contributed by atoms with Gasteiger partial charge in [-0.05, 0) is 52.7 Å². The molecule has 20 heavy (non-hydrogen) atoms. The molecule has 2 rings (SSSR count). The van der Waals surface area contributed by atoms with Crippen LogP contribution in [0.3, 0.4) is 0 Å². The van der Waals surface area contributed by atoms with Crippen molar-refractivity contribution in [3.05, 3.63) is 67.1 Å². The van der Waals surface area contributed by atoms with E-state index in [2.05, 4.69) is 37.2 Å². The van der Waals surface area contributed by atoms with Crippen LogP contribution in [0.1, 0.15) is 18.5 Å². The van der Waals surface area contributed by atoms with Crippen LogP contribution in [0.15, 0.2) is 51.4 Å². The zero-order chi connectivity index (χ0) is 14.7. The van der Waals surface area contributed by atoms with E-state index in [1.807, 2.05) is 31.2 Å². The first-order valence-corrected chi connectivity index (χ1v) is 7.52. The third kappa shape index (κ3) is 3.58. The van der Waals surface area contributed by atoms with Crippen LogP contribution in [0.5, 0.6) is 0 Å². The van der Waals surface area contributed by atoms with Crippen molar-refractivity contribution in [3.63, 3.8) is 0 Å². The zero-order valence-electron chi connectivity index (χ0n) is 10.6. The molecular weight excluding hydrogens is 388 g/mol. The molecule has 0 aromatic heterocycles. The van der Waals surface area contributed by atoms with Gasteiger partial charge in [0.2, 0.25) is 0 Å². The fourth-order valence-corrected chi connectivity index (χ4v) is 2.62. The maximum atomic E-state index is 10.8. The van der Waals surface area contributed by atoms with E-state index < -0.39 is 4.92 Å². The minimum absolute atomic E-state index is 0.0619. The first kappa shape index (κ1) is 15.0. The molecule has 0 bridgehead atoms. The number of halogens is 2. The van der Waals surface area contributed by atoms with Crippen LogP contribution in [0.25, 0.3) is 0 Å². The highest BCUT2D eigenvalue weighted by Gasteiger charge is 2.13. The molecule has 0 fully saturated rings. The highest BCUT2D eigenvalue weighted by Crippen LogP contribution is 2.29. The Morgan fingerprint density at radius 2 is 1.80 bits per heavy atom. The van der Waals surface area contributed by atoms with Gasteiger partial charge in [-0.1, -0.05) is 28.1 Å². The van der Waals surface area contributed by atoms with Gasteiger partial charge in [-0.15, -0.1) is 0 Å². The van der Waals surface area contributed by atoms with Crippen LogP contribution < -0.4 is 5.32 Å². The Bertz CT molecular complexity index is 630. The van der Waals surface area contributed by atoms with E-state index in [0.717, 1.165) is 15.7 Å². The Morgan fingerprint density at radius 1 is 1.15 bits per heavy atom. The van der Waals surface area contributed by atoms with Gasteiger partial charge in [-0.25, -0.2) is 0 Å². The average molecular weight is 400 g/mol. The van der Waals surface area contributed by atoms with Crippen molar-refractivity contribution in [2.75, 3.05) is 5.32 Å². The summed E-state index contributed by atoms with van der Waals surface area (Å²) >= 11 is 6.62. The first-order valence-electron chi connectivity index (χ1n) is 5.93. The van der Waals surface area contributed by atoms with Gasteiger partial charge in [0.05, 0.1) is 9.40 Å². The van der Waals surface area contributed by atoms with E-state index >= 15 is 0 Å². The first-order chi connectivity index (χ1) is 9.47. The second-order valence-electron chi connectivity index (χ2n) is 4.34. The second-order valence-corrected chi connectivity index (χ2v) is 6.11. The molecule has 1 atom stereocenters. The van der Waals surface area contributed by atoms with Gasteiger partial charge in [0.15, 0.2) is 0 Å². The van der Waals surface area contributed by atoms with E-state index in [1.165, 1.54) is 6.07 Å². The molecule has 0 aliphatic heterocycles. The standard InChI is InChI=1S/C14H12Br2N2O2/c1-9(10-2-4-11(15)5-3-10)17-12-6-7-14(18(19)20)13(16)8-12/h2-9,17H,1H3. The quantitative estimate of drug-likeness (QED) is 0.561. The summed E-state index contributed by atoms with van der Waals surface area (Å²) in [5.74, 6) is 0. The third-order valence-electron chi connectivity index (χ3n) is 2.90. The molecule has 0 aliphatic rings. The van der Waals surface area contributed by atoms with E-state index in [-0.39, 0.29) is 11.7 Å². The molecule has 1 unspecified atom stereocenters. The molecule has 0 amide bonds. The Labute approximate surface area is 133 Å². The summed E-state index contributed by atoms with van der Waals surface area (Å²) in [6, 6.07) is 13.0. The van der Waals surface area contributed by atoms with Crippen molar-refractivity contribution < 1.29 is 4.92 Å². The van der Waals surface area contributed by atoms with Crippen LogP contribution in [-0.2, 0) is 0 Å². The number of nitro groups is 1. The molecule has 0 radical (unpaired) electrons. The molecular formula is C14H12Br2N2O2. The van der Waals surface area contributed by atoms with E-state index in [0.29, 0.717) is 4.47 Å². The van der Waals surface area contributed by atoms with Crippen molar-refractivity contribution in [2.24, 2.45) is 0 Å². The molecule has 0 aliphatic carbocycles. The van der Waals surface area contributed by atoms with Gasteiger partial charge in [0.25, 0.3) is 5.69 Å². The van der Waals surface area contributed by atoms with Crippen LogP contribution in [-0.4, -0.2) is 4.92 Å². The average Bonchev–Trinajstić information content (AvgIpc) is 2.39. The Morgan fingerprint density at radius 3 is 2.35 bits per heavy atom. The van der Waals surface area contributed by atoms with Crippen LogP contribution in [0, 0.1) is 10.1 Å². The van der Waals surface area contributed by atoms with Crippen molar-refractivity contribution in [2.45, 2.75) is 13.0 Å². The number of nitrogens with one attached hydrogen (secondary N) is 1. The largest absolute Gasteiger partial charge is 0.378 e. The van der Waals surface area contributed by atoms with Gasteiger partial charge in [-0.3, -0.25) is 10.1 Å². The molecule has 0 spiro atoms. The van der Waals surface area contributed by atoms with Crippen LogP contribution in [0.4, 0.5) is 11.4 Å². The van der Waals surface area contributed by atoms with Gasteiger partial charge in [0, 0.05) is 22.3 Å². The number of anilines is 1. The predicted octanol–water partition coefficient (Wildman–Crippen LogP) is 5.29. The van der Waals surface area contributed by atoms with Gasteiger partial charge in [0.1, 0.15) is 0 Å². The van der Waals surface area contributed by atoms with E-state index in [9.17, 15) is 10.1 Å². The predicted molar refractivity (Wildman–Crippen MR) is 87.0 cm³/mol. The maximum absolute atomic E-state index is 10.8. The lowest BCUT2D eigenvalue weighted by Crippen LogP contribution is -2.06. The number of rotatable bonds is 4. The second kappa shape index (κ2) is 6.37. The molecule has 0 saturated heterocycles. The normalized spacial score (nSPS) is 11.9. The lowest BCUT2D eigenvalue weighted by molar-refractivity contribution is -0.385. The topological polar surface area (TPSA) is 55.2 Å². The molecule has 6 heteroatoms. The molecule has 1 N–H and O–H groups in total. The van der Waals surface area contributed by atoms with Crippen molar-refractivity contribution in [1.29, 1.82) is 0 Å². The fraction of sp³-hybridized carbons (Fsp3) is 0.143. The molecule has 2 aromatic rings. The summed E-state index contributed by atoms with van der Waals surface area (Å²) in [5, 5.41) is 14.1. The van der Waals surface area contributed by atoms with Gasteiger partial charge in [-0.2, -0.15) is 0 Å². The number of hydrogen-bond acceptors (Lipinski definition) is 3. The van der Waals surface area contributed by atoms with Crippen LogP contribution >= 0.6 is 31.9 Å². The lowest BCUT2D eigenvalue weighted by atomic mass is 10.1. The molecule has 0 saturated carbocycles. The van der Waals surface area contributed by atoms with Gasteiger partial charge < -0.3 is 5.32 Å². The lowest BCUT2D eigenvalue weighted by Gasteiger charge is -2.16. The number of nitrogens with zero attached hydrogens (tertiary/aromatic N) is 1. The molecule has 0 heterocycles. The summed E-state index contributed by atoms with van der Waals surface area (Å²) < 4.78 is 1.50. The Balaban J connectivity index is 2.15. The molecule has 104 valence electrons. The summed E-state index contributed by atoms with van der Waals surface area (Å²) in [6.07, 6.45) is 0. The summed E-state index contributed by atoms with van der Waals surface area (Å²) in [4.78, 5) is 10.3. The molecule has 4 nitrogen and oxygen atoms in total. The minimum atomic E-state index is -0.411. The Hall–Kier alpha value is -1.40. The van der Waals surface area contributed by atoms with E-state index in [4.69, 9.17) is 0 Å². The smallest absolute Gasteiger partial charge is 0.283 e. The third-order valence-corrected chi connectivity index (χ3v) is 4.06. The SMILES string of the molecule is CC(Nc1ccc([N+](=O)[O-])c(Br)c1)c1ccc(Br)cc1. The van der Waals surface area contributed by atoms with Gasteiger partial charge >= 0.3 is 0 Å². The van der Waals surface area contributed by atoms with Crippen molar-refractivity contribution in [3.8, 4) is 0 Å². The van der Waals surface area contributed by atoms with Crippen LogP contribution in [0.2, 0.25) is 0 Å². The number of nitro benzene ring substituents is 1. The monoisotopic (exact) mass is 398 g/mol. The Kier molecular flexibility index (Phi) is 4.77. The van der Waals surface area contributed by atoms with Crippen molar-refractivity contribution in [1.82, 2.24) is 0 Å². The van der Waals surface area contributed by atoms with Crippen molar-refractivity contribution >= 4 is 43.2 Å². The highest BCUT2D eigenvalue weighted by atomic mass is 79.9. The number of benzene rings is 2. The molecule has 2 aromatic carbocycles.